The standard InChI is InChI=1S/C6H14O2.C5H12O2/c1-5(2,7)6(3,4)8;1-5(2,3-6)4-7/h7-8H,1-4H3;6-7H,3-4H2,1-2H3. The molecule has 0 aliphatic rings. The maximum atomic E-state index is 9.10. The van der Waals surface area contributed by atoms with Gasteiger partial charge in [-0.1, -0.05) is 13.8 Å². The van der Waals surface area contributed by atoms with Crippen molar-refractivity contribution < 1.29 is 20.4 Å². The molecule has 0 aromatic heterocycles. The maximum Gasteiger partial charge on any atom is 0.0872 e. The first-order valence-corrected chi connectivity index (χ1v) is 5.04. The molecule has 0 aromatic carbocycles. The molecule has 0 radical (unpaired) electrons. The van der Waals surface area contributed by atoms with Gasteiger partial charge in [0.1, 0.15) is 0 Å². The summed E-state index contributed by atoms with van der Waals surface area (Å²) in [7, 11) is 0. The van der Waals surface area contributed by atoms with Crippen molar-refractivity contribution in [2.24, 2.45) is 5.41 Å². The highest BCUT2D eigenvalue weighted by Gasteiger charge is 2.31. The van der Waals surface area contributed by atoms with E-state index in [9.17, 15) is 0 Å². The summed E-state index contributed by atoms with van der Waals surface area (Å²) in [6, 6.07) is 0. The lowest BCUT2D eigenvalue weighted by molar-refractivity contribution is -0.107. The van der Waals surface area contributed by atoms with Crippen molar-refractivity contribution in [2.45, 2.75) is 52.7 Å². The van der Waals surface area contributed by atoms with Crippen LogP contribution in [0.15, 0.2) is 0 Å². The average molecular weight is 222 g/mol. The molecule has 0 saturated carbocycles. The van der Waals surface area contributed by atoms with Crippen LogP contribution in [0.2, 0.25) is 0 Å². The van der Waals surface area contributed by atoms with Crippen molar-refractivity contribution in [3.8, 4) is 0 Å². The van der Waals surface area contributed by atoms with Crippen molar-refractivity contribution in [1.29, 1.82) is 0 Å². The van der Waals surface area contributed by atoms with E-state index in [0.717, 1.165) is 0 Å². The Morgan fingerprint density at radius 3 is 0.867 bits per heavy atom. The lowest BCUT2D eigenvalue weighted by atomic mass is 9.90. The van der Waals surface area contributed by atoms with E-state index in [0.29, 0.717) is 0 Å². The molecule has 0 spiro atoms. The molecule has 4 N–H and O–H groups in total. The van der Waals surface area contributed by atoms with Gasteiger partial charge in [-0.15, -0.1) is 0 Å². The van der Waals surface area contributed by atoms with Crippen LogP contribution in [0.5, 0.6) is 0 Å². The van der Waals surface area contributed by atoms with Gasteiger partial charge >= 0.3 is 0 Å². The average Bonchev–Trinajstić information content (AvgIpc) is 2.02. The summed E-state index contributed by atoms with van der Waals surface area (Å²) in [4.78, 5) is 0. The Morgan fingerprint density at radius 1 is 0.667 bits per heavy atom. The summed E-state index contributed by atoms with van der Waals surface area (Å²) in [6.45, 7) is 9.99. The van der Waals surface area contributed by atoms with Crippen molar-refractivity contribution in [3.63, 3.8) is 0 Å². The zero-order valence-electron chi connectivity index (χ0n) is 10.7. The molecule has 4 nitrogen and oxygen atoms in total. The predicted octanol–water partition coefficient (Wildman–Crippen LogP) is 0.525. The van der Waals surface area contributed by atoms with E-state index in [2.05, 4.69) is 0 Å². The predicted molar refractivity (Wildman–Crippen MR) is 60.5 cm³/mol. The largest absolute Gasteiger partial charge is 0.396 e. The normalized spacial score (nSPS) is 13.2. The molecule has 0 saturated heterocycles. The minimum Gasteiger partial charge on any atom is -0.396 e. The Hall–Kier alpha value is -0.160. The summed E-state index contributed by atoms with van der Waals surface area (Å²) in [5, 5.41) is 35.1. The molecule has 0 heterocycles. The summed E-state index contributed by atoms with van der Waals surface area (Å²) in [5.74, 6) is 0. The van der Waals surface area contributed by atoms with Gasteiger partial charge in [0.2, 0.25) is 0 Å². The molecule has 0 fully saturated rings. The van der Waals surface area contributed by atoms with E-state index in [-0.39, 0.29) is 18.6 Å². The minimum absolute atomic E-state index is 0.0451. The van der Waals surface area contributed by atoms with Crippen LogP contribution in [0.4, 0.5) is 0 Å². The molecule has 0 rings (SSSR count). The van der Waals surface area contributed by atoms with Crippen LogP contribution in [-0.4, -0.2) is 44.8 Å². The van der Waals surface area contributed by atoms with Crippen LogP contribution in [0.1, 0.15) is 41.5 Å². The van der Waals surface area contributed by atoms with Gasteiger partial charge in [-0.2, -0.15) is 0 Å². The number of hydrogen-bond acceptors (Lipinski definition) is 4. The van der Waals surface area contributed by atoms with Gasteiger partial charge in [0.15, 0.2) is 0 Å². The Balaban J connectivity index is 0. The fourth-order valence-electron chi connectivity index (χ4n) is 0.0500. The topological polar surface area (TPSA) is 80.9 Å². The molecule has 0 aliphatic carbocycles. The van der Waals surface area contributed by atoms with Gasteiger partial charge < -0.3 is 20.4 Å². The van der Waals surface area contributed by atoms with Crippen LogP contribution in [0, 0.1) is 5.41 Å². The Morgan fingerprint density at radius 2 is 0.867 bits per heavy atom. The van der Waals surface area contributed by atoms with Crippen molar-refractivity contribution in [1.82, 2.24) is 0 Å². The fourth-order valence-corrected chi connectivity index (χ4v) is 0.0500. The molecular formula is C11H26O4. The lowest BCUT2D eigenvalue weighted by Gasteiger charge is -2.31. The molecule has 0 unspecified atom stereocenters. The van der Waals surface area contributed by atoms with Crippen molar-refractivity contribution in [3.05, 3.63) is 0 Å². The second-order valence-electron chi connectivity index (χ2n) is 5.60. The fraction of sp³-hybridized carbons (Fsp3) is 1.00. The van der Waals surface area contributed by atoms with E-state index in [1.807, 2.05) is 0 Å². The third kappa shape index (κ3) is 8.81. The second-order valence-corrected chi connectivity index (χ2v) is 5.60. The number of rotatable bonds is 3. The van der Waals surface area contributed by atoms with E-state index < -0.39 is 11.2 Å². The third-order valence-electron chi connectivity index (χ3n) is 2.35. The van der Waals surface area contributed by atoms with E-state index in [1.165, 1.54) is 0 Å². The summed E-state index contributed by atoms with van der Waals surface area (Å²) < 4.78 is 0. The van der Waals surface area contributed by atoms with E-state index in [4.69, 9.17) is 20.4 Å². The summed E-state index contributed by atoms with van der Waals surface area (Å²) >= 11 is 0. The molecule has 0 aromatic rings. The smallest absolute Gasteiger partial charge is 0.0872 e. The highest BCUT2D eigenvalue weighted by molar-refractivity contribution is 4.84. The van der Waals surface area contributed by atoms with Crippen LogP contribution in [0.25, 0.3) is 0 Å². The molecule has 15 heavy (non-hydrogen) atoms. The monoisotopic (exact) mass is 222 g/mol. The minimum atomic E-state index is -1.01. The number of hydrogen-bond donors (Lipinski definition) is 4. The highest BCUT2D eigenvalue weighted by atomic mass is 16.3. The molecule has 0 amide bonds. The molecule has 0 atom stereocenters. The second kappa shape index (κ2) is 5.80. The third-order valence-corrected chi connectivity index (χ3v) is 2.35. The quantitative estimate of drug-likeness (QED) is 0.561. The molecule has 94 valence electrons. The summed E-state index contributed by atoms with van der Waals surface area (Å²) in [6.07, 6.45) is 0. The molecule has 4 heteroatoms. The van der Waals surface area contributed by atoms with E-state index in [1.54, 1.807) is 41.5 Å². The van der Waals surface area contributed by atoms with Gasteiger partial charge in [0.05, 0.1) is 24.4 Å². The number of aliphatic hydroxyl groups excluding tert-OH is 2. The maximum absolute atomic E-state index is 9.10. The van der Waals surface area contributed by atoms with Crippen LogP contribution in [0.3, 0.4) is 0 Å². The zero-order chi connectivity index (χ0) is 12.9. The van der Waals surface area contributed by atoms with Crippen molar-refractivity contribution >= 4 is 0 Å². The summed E-state index contributed by atoms with van der Waals surface area (Å²) in [5.41, 5.74) is -2.32. The van der Waals surface area contributed by atoms with Crippen LogP contribution >= 0.6 is 0 Å². The highest BCUT2D eigenvalue weighted by Crippen LogP contribution is 2.19. The van der Waals surface area contributed by atoms with Gasteiger partial charge in [-0.3, -0.25) is 0 Å². The van der Waals surface area contributed by atoms with Crippen molar-refractivity contribution in [2.75, 3.05) is 13.2 Å². The van der Waals surface area contributed by atoms with Gasteiger partial charge in [-0.05, 0) is 27.7 Å². The first-order chi connectivity index (χ1) is 6.37. The molecular weight excluding hydrogens is 196 g/mol. The Bertz CT molecular complexity index is 144. The zero-order valence-corrected chi connectivity index (χ0v) is 10.7. The first kappa shape index (κ1) is 17.2. The number of aliphatic hydroxyl groups is 4. The Labute approximate surface area is 92.6 Å². The molecule has 0 aliphatic heterocycles. The lowest BCUT2D eigenvalue weighted by Crippen LogP contribution is -2.44. The van der Waals surface area contributed by atoms with Gasteiger partial charge in [0.25, 0.3) is 0 Å². The first-order valence-electron chi connectivity index (χ1n) is 5.04. The Kier molecular flexibility index (Phi) is 6.66. The molecule has 0 bridgehead atoms. The van der Waals surface area contributed by atoms with Gasteiger partial charge in [0, 0.05) is 5.41 Å². The van der Waals surface area contributed by atoms with Crippen LogP contribution in [-0.2, 0) is 0 Å². The van der Waals surface area contributed by atoms with E-state index >= 15 is 0 Å². The van der Waals surface area contributed by atoms with Crippen LogP contribution < -0.4 is 0 Å². The van der Waals surface area contributed by atoms with Gasteiger partial charge in [-0.25, -0.2) is 0 Å². The SMILES string of the molecule is CC(C)(CO)CO.CC(C)(O)C(C)(C)O.